The number of aliphatic carboxylic acids is 2. The Morgan fingerprint density at radius 3 is 1.22 bits per heavy atom. The van der Waals surface area contributed by atoms with Gasteiger partial charge in [-0.2, -0.15) is 0 Å². The van der Waals surface area contributed by atoms with Crippen molar-refractivity contribution in [2.75, 3.05) is 26.2 Å². The molecule has 210 valence electrons. The Morgan fingerprint density at radius 1 is 0.556 bits per heavy atom. The molecule has 0 spiro atoms. The molecule has 0 unspecified atom stereocenters. The second-order valence-electron chi connectivity index (χ2n) is 9.66. The predicted octanol–water partition coefficient (Wildman–Crippen LogP) is 4.46. The van der Waals surface area contributed by atoms with Gasteiger partial charge in [-0.1, -0.05) is 78.1 Å². The zero-order valence-electron chi connectivity index (χ0n) is 22.6. The van der Waals surface area contributed by atoms with Gasteiger partial charge in [0.1, 0.15) is 0 Å². The molecule has 36 heavy (non-hydrogen) atoms. The summed E-state index contributed by atoms with van der Waals surface area (Å²) in [4.78, 5) is 50.2. The Hall–Kier alpha value is -2.16. The van der Waals surface area contributed by atoms with Crippen LogP contribution in [0.25, 0.3) is 0 Å². The smallest absolute Gasteiger partial charge is 0.303 e. The van der Waals surface area contributed by atoms with Crippen molar-refractivity contribution in [3.8, 4) is 0 Å². The maximum Gasteiger partial charge on any atom is 0.303 e. The molecule has 0 rings (SSSR count). The van der Waals surface area contributed by atoms with Gasteiger partial charge >= 0.3 is 11.9 Å². The van der Waals surface area contributed by atoms with Crippen molar-refractivity contribution < 1.29 is 34.5 Å². The van der Waals surface area contributed by atoms with E-state index in [2.05, 4.69) is 13.8 Å². The Labute approximate surface area is 217 Å². The summed E-state index contributed by atoms with van der Waals surface area (Å²) in [5, 5.41) is 28.6. The molecule has 0 heterocycles. The minimum absolute atomic E-state index is 0.0205. The lowest BCUT2D eigenvalue weighted by Gasteiger charge is -2.30. The van der Waals surface area contributed by atoms with Crippen LogP contribution in [0.3, 0.4) is 0 Å². The summed E-state index contributed by atoms with van der Waals surface area (Å²) in [6.45, 7) is 5.20. The molecule has 0 atom stereocenters. The van der Waals surface area contributed by atoms with Gasteiger partial charge in [0.05, 0.1) is 18.9 Å². The maximum absolute atomic E-state index is 12.6. The van der Waals surface area contributed by atoms with Crippen LogP contribution in [0.5, 0.6) is 0 Å². The van der Waals surface area contributed by atoms with E-state index in [0.717, 1.165) is 64.2 Å². The molecule has 0 radical (unpaired) electrons. The molecule has 0 fully saturated rings. The predicted molar refractivity (Wildman–Crippen MR) is 140 cm³/mol. The van der Waals surface area contributed by atoms with Gasteiger partial charge in [0, 0.05) is 39.0 Å². The van der Waals surface area contributed by atoms with Crippen LogP contribution in [-0.4, -0.2) is 81.2 Å². The first-order valence-electron chi connectivity index (χ1n) is 13.9. The summed E-state index contributed by atoms with van der Waals surface area (Å²) in [6, 6.07) is 0. The van der Waals surface area contributed by atoms with E-state index in [4.69, 9.17) is 10.2 Å². The van der Waals surface area contributed by atoms with Gasteiger partial charge in [-0.3, -0.25) is 19.2 Å². The SMILES string of the molecule is CCCCCCCCN(CC(O)CN(CCCCCCCC)C(=O)CCC(=O)O)C(=O)CCC(=O)O. The fraction of sp³-hybridized carbons (Fsp3) is 0.852. The molecule has 0 bridgehead atoms. The van der Waals surface area contributed by atoms with Gasteiger partial charge in [0.15, 0.2) is 0 Å². The van der Waals surface area contributed by atoms with E-state index in [0.29, 0.717) is 13.1 Å². The molecular formula is C27H50N2O7. The van der Waals surface area contributed by atoms with Crippen molar-refractivity contribution >= 4 is 23.8 Å². The maximum atomic E-state index is 12.6. The first-order valence-corrected chi connectivity index (χ1v) is 13.9. The van der Waals surface area contributed by atoms with Gasteiger partial charge in [0.2, 0.25) is 11.8 Å². The van der Waals surface area contributed by atoms with E-state index in [-0.39, 0.29) is 50.6 Å². The van der Waals surface area contributed by atoms with Crippen LogP contribution in [0.15, 0.2) is 0 Å². The first-order chi connectivity index (χ1) is 17.2. The topological polar surface area (TPSA) is 135 Å². The van der Waals surface area contributed by atoms with Gasteiger partial charge in [-0.05, 0) is 12.8 Å². The number of hydrogen-bond acceptors (Lipinski definition) is 5. The number of aliphatic hydroxyl groups is 1. The lowest BCUT2D eigenvalue weighted by Crippen LogP contribution is -2.45. The third-order valence-corrected chi connectivity index (χ3v) is 6.24. The Morgan fingerprint density at radius 2 is 0.889 bits per heavy atom. The lowest BCUT2D eigenvalue weighted by atomic mass is 10.1. The van der Waals surface area contributed by atoms with Crippen molar-refractivity contribution in [1.82, 2.24) is 9.80 Å². The lowest BCUT2D eigenvalue weighted by molar-refractivity contribution is -0.142. The molecule has 0 aromatic heterocycles. The average Bonchev–Trinajstić information content (AvgIpc) is 2.83. The van der Waals surface area contributed by atoms with Crippen LogP contribution >= 0.6 is 0 Å². The van der Waals surface area contributed by atoms with Crippen molar-refractivity contribution in [1.29, 1.82) is 0 Å². The normalized spacial score (nSPS) is 11.0. The highest BCUT2D eigenvalue weighted by molar-refractivity contribution is 5.81. The standard InChI is InChI=1S/C27H50N2O7/c1-3-5-7-9-11-13-19-28(24(31)15-17-26(33)34)21-23(30)22-29(25(32)16-18-27(35)36)20-14-12-10-8-6-4-2/h23,30H,3-22H2,1-2H3,(H,33,34)(H,35,36). The molecule has 0 saturated carbocycles. The van der Waals surface area contributed by atoms with Crippen molar-refractivity contribution in [2.45, 2.75) is 123 Å². The highest BCUT2D eigenvalue weighted by atomic mass is 16.4. The minimum Gasteiger partial charge on any atom is -0.481 e. The van der Waals surface area contributed by atoms with Crippen LogP contribution in [-0.2, 0) is 19.2 Å². The number of nitrogens with zero attached hydrogens (tertiary/aromatic N) is 2. The summed E-state index contributed by atoms with van der Waals surface area (Å²) < 4.78 is 0. The van der Waals surface area contributed by atoms with E-state index < -0.39 is 18.0 Å². The number of carboxylic acids is 2. The summed E-state index contributed by atoms with van der Waals surface area (Å²) >= 11 is 0. The molecule has 9 heteroatoms. The fourth-order valence-corrected chi connectivity index (χ4v) is 4.11. The van der Waals surface area contributed by atoms with E-state index in [1.54, 1.807) is 0 Å². The molecule has 2 amide bonds. The zero-order valence-corrected chi connectivity index (χ0v) is 22.6. The molecule has 0 aromatic carbocycles. The van der Waals surface area contributed by atoms with Gasteiger partial charge < -0.3 is 25.1 Å². The molecule has 0 aliphatic heterocycles. The summed E-state index contributed by atoms with van der Waals surface area (Å²) in [5.41, 5.74) is 0. The number of rotatable bonds is 24. The monoisotopic (exact) mass is 514 g/mol. The molecule has 3 N–H and O–H groups in total. The number of aliphatic hydroxyl groups excluding tert-OH is 1. The number of hydrogen-bond donors (Lipinski definition) is 3. The fourth-order valence-electron chi connectivity index (χ4n) is 4.11. The van der Waals surface area contributed by atoms with Crippen molar-refractivity contribution in [3.05, 3.63) is 0 Å². The van der Waals surface area contributed by atoms with Gasteiger partial charge in [0.25, 0.3) is 0 Å². The highest BCUT2D eigenvalue weighted by Gasteiger charge is 2.22. The average molecular weight is 515 g/mol. The van der Waals surface area contributed by atoms with Crippen LogP contribution < -0.4 is 0 Å². The molecule has 0 aliphatic carbocycles. The zero-order chi connectivity index (χ0) is 27.2. The molecular weight excluding hydrogens is 464 g/mol. The van der Waals surface area contributed by atoms with E-state index in [1.165, 1.54) is 22.6 Å². The van der Waals surface area contributed by atoms with Crippen molar-refractivity contribution in [2.24, 2.45) is 0 Å². The van der Waals surface area contributed by atoms with Gasteiger partial charge in [-0.15, -0.1) is 0 Å². The molecule has 0 saturated heterocycles. The number of carboxylic acid groups (broad SMARTS) is 2. The summed E-state index contributed by atoms with van der Waals surface area (Å²) in [7, 11) is 0. The third kappa shape index (κ3) is 19.1. The number of unbranched alkanes of at least 4 members (excludes halogenated alkanes) is 10. The van der Waals surface area contributed by atoms with E-state index in [9.17, 15) is 24.3 Å². The van der Waals surface area contributed by atoms with Crippen LogP contribution in [0, 0.1) is 0 Å². The first kappa shape index (κ1) is 33.8. The van der Waals surface area contributed by atoms with E-state index >= 15 is 0 Å². The Bertz CT molecular complexity index is 575. The van der Waals surface area contributed by atoms with Crippen molar-refractivity contribution in [3.63, 3.8) is 0 Å². The number of carbonyl (C=O) groups is 4. The second kappa shape index (κ2) is 22.1. The quantitative estimate of drug-likeness (QED) is 0.162. The van der Waals surface area contributed by atoms with Crippen LogP contribution in [0.4, 0.5) is 0 Å². The van der Waals surface area contributed by atoms with Crippen LogP contribution in [0.2, 0.25) is 0 Å². The van der Waals surface area contributed by atoms with Gasteiger partial charge in [-0.25, -0.2) is 0 Å². The molecule has 9 nitrogen and oxygen atoms in total. The summed E-state index contributed by atoms with van der Waals surface area (Å²) in [5.74, 6) is -2.72. The number of carbonyl (C=O) groups excluding carboxylic acids is 2. The largest absolute Gasteiger partial charge is 0.481 e. The van der Waals surface area contributed by atoms with Crippen LogP contribution in [0.1, 0.15) is 117 Å². The molecule has 0 aliphatic rings. The van der Waals surface area contributed by atoms with E-state index in [1.807, 2.05) is 0 Å². The Balaban J connectivity index is 4.99. The highest BCUT2D eigenvalue weighted by Crippen LogP contribution is 2.11. The minimum atomic E-state index is -1.04. The third-order valence-electron chi connectivity index (χ3n) is 6.24. The second-order valence-corrected chi connectivity index (χ2v) is 9.66. The number of amides is 2. The Kier molecular flexibility index (Phi) is 20.7. The summed E-state index contributed by atoms with van der Waals surface area (Å²) in [6.07, 6.45) is 10.7. The molecule has 0 aromatic rings.